The van der Waals surface area contributed by atoms with E-state index in [1.54, 1.807) is 12.1 Å². The molecule has 0 atom stereocenters. The number of hydrogen-bond donors (Lipinski definition) is 0. The van der Waals surface area contributed by atoms with Gasteiger partial charge in [-0.3, -0.25) is 9.13 Å². The lowest BCUT2D eigenvalue weighted by Gasteiger charge is -2.14. The number of thiophene rings is 1. The number of para-hydroxylation sites is 2. The van der Waals surface area contributed by atoms with Crippen LogP contribution in [0, 0.1) is 0 Å². The zero-order valence-corrected chi connectivity index (χ0v) is 36.1. The molecule has 5 nitrogen and oxygen atoms in total. The summed E-state index contributed by atoms with van der Waals surface area (Å²) in [5, 5.41) is -0.185. The summed E-state index contributed by atoms with van der Waals surface area (Å²) in [7, 11) is 0. The van der Waals surface area contributed by atoms with Crippen LogP contribution in [0.4, 0.5) is 0 Å². The van der Waals surface area contributed by atoms with Gasteiger partial charge in [-0.1, -0.05) is 175 Å². The van der Waals surface area contributed by atoms with Crippen molar-refractivity contribution in [2.75, 3.05) is 0 Å². The van der Waals surface area contributed by atoms with Crippen molar-refractivity contribution in [1.29, 1.82) is 0 Å². The van der Waals surface area contributed by atoms with Gasteiger partial charge in [-0.15, -0.1) is 11.3 Å². The molecule has 14 aromatic rings. The van der Waals surface area contributed by atoms with Crippen LogP contribution >= 0.6 is 11.3 Å². The molecule has 0 bridgehead atoms. The van der Waals surface area contributed by atoms with Gasteiger partial charge in [0.05, 0.1) is 55.0 Å². The summed E-state index contributed by atoms with van der Waals surface area (Å²) in [4.78, 5) is 15.0. The van der Waals surface area contributed by atoms with E-state index in [9.17, 15) is 13.7 Å². The van der Waals surface area contributed by atoms with Gasteiger partial charge in [0.2, 0.25) is 11.9 Å². The second-order valence-corrected chi connectivity index (χ2v) is 16.9. The molecule has 69 heavy (non-hydrogen) atoms. The summed E-state index contributed by atoms with van der Waals surface area (Å²) < 4.78 is 223. The van der Waals surface area contributed by atoms with Crippen LogP contribution in [0.5, 0.6) is 0 Å². The van der Waals surface area contributed by atoms with Crippen LogP contribution in [-0.4, -0.2) is 24.1 Å². The maximum absolute atomic E-state index is 10.1. The molecule has 0 saturated carbocycles. The Bertz CT molecular complexity index is 5490. The Balaban J connectivity index is 1.21. The van der Waals surface area contributed by atoms with E-state index in [0.717, 1.165) is 41.3 Å². The first-order chi connectivity index (χ1) is 44.2. The molecule has 0 fully saturated rings. The fraction of sp³-hybridized carbons (Fsp3) is 0. The summed E-state index contributed by atoms with van der Waals surface area (Å²) in [5.41, 5.74) is -1.59. The van der Waals surface area contributed by atoms with E-state index >= 15 is 0 Å². The Morgan fingerprint density at radius 3 is 1.52 bits per heavy atom. The minimum atomic E-state index is -0.938. The highest BCUT2D eigenvalue weighted by Gasteiger charge is 2.23. The Labute approximate surface area is 435 Å². The highest BCUT2D eigenvalue weighted by Crippen LogP contribution is 2.44. The molecule has 0 aliphatic rings. The molecular formula is C63H39N5S. The third-order valence-corrected chi connectivity index (χ3v) is 13.0. The van der Waals surface area contributed by atoms with Gasteiger partial charge in [-0.2, -0.15) is 15.0 Å². The molecule has 0 N–H and O–H groups in total. The van der Waals surface area contributed by atoms with Crippen LogP contribution in [0.1, 0.15) is 32.9 Å². The lowest BCUT2D eigenvalue weighted by molar-refractivity contribution is 0.893. The van der Waals surface area contributed by atoms with Crippen LogP contribution in [0.2, 0.25) is 0 Å². The maximum atomic E-state index is 10.1. The highest BCUT2D eigenvalue weighted by molar-refractivity contribution is 7.26. The molecular weight excluding hydrogens is 859 g/mol. The number of benzene rings is 10. The smallest absolute Gasteiger partial charge is 0.240 e. The second kappa shape index (κ2) is 15.8. The molecule has 6 heteroatoms. The average molecular weight is 922 g/mol. The maximum Gasteiger partial charge on any atom is 0.240 e. The number of nitrogens with zero attached hydrogens (tertiary/aromatic N) is 5. The molecule has 4 heterocycles. The van der Waals surface area contributed by atoms with Crippen molar-refractivity contribution < 1.29 is 32.9 Å². The first-order valence-electron chi connectivity index (χ1n) is 33.3. The normalized spacial score (nSPS) is 16.6. The fourth-order valence-electron chi connectivity index (χ4n) is 8.82. The van der Waals surface area contributed by atoms with Crippen molar-refractivity contribution in [3.63, 3.8) is 0 Å². The third-order valence-electron chi connectivity index (χ3n) is 11.8. The van der Waals surface area contributed by atoms with E-state index in [1.165, 1.54) is 11.3 Å². The predicted molar refractivity (Wildman–Crippen MR) is 289 cm³/mol. The van der Waals surface area contributed by atoms with Crippen LogP contribution in [0.15, 0.2) is 236 Å². The van der Waals surface area contributed by atoms with Crippen molar-refractivity contribution >= 4 is 75.1 Å². The summed E-state index contributed by atoms with van der Waals surface area (Å²) in [6, 6.07) is 8.48. The lowest BCUT2D eigenvalue weighted by Crippen LogP contribution is -2.10. The standard InChI is InChI=1S/C63H39N5S/c1-4-17-40(18-5-1)43-23-16-24-46(35-43)51-38-47(39-59-60(51)50-27-12-15-30-58(50)69-59)61-64-62(67-54-28-13-10-25-48(54)49-26-11-14-29-55(49)67)66-63(65-61)68-56-33-31-44(41-19-6-2-7-20-41)36-52(56)53-37-45(32-34-57(53)68)42-21-8-3-9-22-42/h1-39H/i2D,3D,6D,7D,8D,9D,10D,11D,13D,14D,19D,20D,21D,22D,25D,26D,28D,29D,31D,32D,33D,34D,36D,37D. The highest BCUT2D eigenvalue weighted by atomic mass is 32.1. The summed E-state index contributed by atoms with van der Waals surface area (Å²) >= 11 is 1.42. The zero-order chi connectivity index (χ0) is 66.3. The average Bonchev–Trinajstić information content (AvgIpc) is 1.55. The summed E-state index contributed by atoms with van der Waals surface area (Å²) in [6.07, 6.45) is 0. The zero-order valence-electron chi connectivity index (χ0n) is 59.3. The monoisotopic (exact) mass is 921 g/mol. The molecule has 14 rings (SSSR count). The van der Waals surface area contributed by atoms with E-state index in [0.29, 0.717) is 10.3 Å². The van der Waals surface area contributed by atoms with Crippen molar-refractivity contribution in [3.05, 3.63) is 236 Å². The molecule has 0 radical (unpaired) electrons. The second-order valence-electron chi connectivity index (χ2n) is 15.8. The fourth-order valence-corrected chi connectivity index (χ4v) is 9.99. The van der Waals surface area contributed by atoms with Crippen molar-refractivity contribution in [2.24, 2.45) is 0 Å². The number of aromatic nitrogens is 5. The van der Waals surface area contributed by atoms with E-state index in [4.69, 9.17) is 34.1 Å². The first kappa shape index (κ1) is 22.2. The first-order valence-corrected chi connectivity index (χ1v) is 22.1. The van der Waals surface area contributed by atoms with E-state index in [1.807, 2.05) is 78.9 Å². The Hall–Kier alpha value is -8.97. The number of fused-ring (bicyclic) bond motifs is 9. The van der Waals surface area contributed by atoms with Gasteiger partial charge >= 0.3 is 0 Å². The molecule has 0 aliphatic carbocycles. The Morgan fingerprint density at radius 1 is 0.348 bits per heavy atom. The molecule has 4 aromatic heterocycles. The van der Waals surface area contributed by atoms with E-state index < -0.39 is 212 Å². The topological polar surface area (TPSA) is 48.5 Å². The minimum Gasteiger partial charge on any atom is -0.278 e. The van der Waals surface area contributed by atoms with Crippen LogP contribution < -0.4 is 0 Å². The van der Waals surface area contributed by atoms with Gasteiger partial charge in [0, 0.05) is 47.3 Å². The molecule has 0 amide bonds. The molecule has 0 spiro atoms. The van der Waals surface area contributed by atoms with Crippen molar-refractivity contribution in [1.82, 2.24) is 24.1 Å². The molecule has 10 aromatic carbocycles. The lowest BCUT2D eigenvalue weighted by atomic mass is 9.94. The summed E-state index contributed by atoms with van der Waals surface area (Å²) in [5.74, 6) is -1.59. The van der Waals surface area contributed by atoms with Gasteiger partial charge in [-0.25, -0.2) is 0 Å². The van der Waals surface area contributed by atoms with Gasteiger partial charge in [0.25, 0.3) is 0 Å². The third kappa shape index (κ3) is 6.49. The Morgan fingerprint density at radius 2 is 0.884 bits per heavy atom. The van der Waals surface area contributed by atoms with Gasteiger partial charge in [0.1, 0.15) is 0 Å². The minimum absolute atomic E-state index is 0.207. The van der Waals surface area contributed by atoms with Crippen molar-refractivity contribution in [2.45, 2.75) is 0 Å². The molecule has 322 valence electrons. The largest absolute Gasteiger partial charge is 0.278 e. The van der Waals surface area contributed by atoms with Gasteiger partial charge in [-0.05, 0) is 105 Å². The SMILES string of the molecule is [2H]c1c([2H])c([2H])c(-c2c([2H])c([2H])c3c(c2[2H])c2c([2H])c(-c4c([2H])c([2H])c([2H])c([2H])c4[2H])c([2H])c([2H])c2n3-c2nc(-c3cc(-c4cccc(-c5ccccc5)c4)c4c(c3)sc3ccccc34)nc(-n3c4c([2H])c([2H])c([2H])c([2H])c4c4c([2H])c([2H])c([2H])c([2H])c43)n2)c([2H])c1[2H]. The van der Waals surface area contributed by atoms with E-state index in [-0.39, 0.29) is 22.2 Å². The summed E-state index contributed by atoms with van der Waals surface area (Å²) in [6.45, 7) is 0. The molecule has 0 aliphatic heterocycles. The predicted octanol–water partition coefficient (Wildman–Crippen LogP) is 16.8. The van der Waals surface area contributed by atoms with Gasteiger partial charge in [0.15, 0.2) is 5.82 Å². The molecule has 0 unspecified atom stereocenters. The van der Waals surface area contributed by atoms with Gasteiger partial charge < -0.3 is 0 Å². The van der Waals surface area contributed by atoms with E-state index in [2.05, 4.69) is 0 Å². The van der Waals surface area contributed by atoms with Crippen LogP contribution in [0.25, 0.3) is 132 Å². The molecule has 0 saturated heterocycles. The Kier molecular flexibility index (Phi) is 5.10. The van der Waals surface area contributed by atoms with Crippen molar-refractivity contribution in [3.8, 4) is 67.8 Å². The quantitative estimate of drug-likeness (QED) is 0.160. The van der Waals surface area contributed by atoms with Crippen LogP contribution in [-0.2, 0) is 0 Å². The van der Waals surface area contributed by atoms with Crippen LogP contribution in [0.3, 0.4) is 0 Å². The number of rotatable bonds is 7. The number of hydrogen-bond acceptors (Lipinski definition) is 4.